The summed E-state index contributed by atoms with van der Waals surface area (Å²) in [5.74, 6) is -0.510. The van der Waals surface area contributed by atoms with Crippen molar-refractivity contribution in [3.05, 3.63) is 29.1 Å². The van der Waals surface area contributed by atoms with Crippen LogP contribution in [0.25, 0.3) is 0 Å². The Bertz CT molecular complexity index is 676. The second kappa shape index (κ2) is 7.01. The van der Waals surface area contributed by atoms with Crippen molar-refractivity contribution in [2.45, 2.75) is 39.8 Å². The molecular formula is C17H22F3N3O2. The van der Waals surface area contributed by atoms with Crippen LogP contribution in [-0.2, 0) is 11.0 Å². The van der Waals surface area contributed by atoms with Crippen LogP contribution < -0.4 is 5.32 Å². The topological polar surface area (TPSA) is 62.3 Å². The predicted molar refractivity (Wildman–Crippen MR) is 85.9 cm³/mol. The van der Waals surface area contributed by atoms with Gasteiger partial charge in [-0.1, -0.05) is 0 Å². The minimum Gasteiger partial charge on any atom is -0.356 e. The summed E-state index contributed by atoms with van der Waals surface area (Å²) in [7, 11) is 0. The van der Waals surface area contributed by atoms with E-state index in [9.17, 15) is 22.8 Å². The van der Waals surface area contributed by atoms with E-state index in [0.29, 0.717) is 25.9 Å². The number of hydrogen-bond donors (Lipinski definition) is 1. The van der Waals surface area contributed by atoms with Crippen molar-refractivity contribution in [1.82, 2.24) is 15.2 Å². The molecule has 25 heavy (non-hydrogen) atoms. The van der Waals surface area contributed by atoms with Gasteiger partial charge in [0.1, 0.15) is 5.69 Å². The van der Waals surface area contributed by atoms with Crippen molar-refractivity contribution >= 4 is 11.8 Å². The van der Waals surface area contributed by atoms with E-state index in [1.807, 2.05) is 6.92 Å². The Hall–Kier alpha value is -2.12. The third kappa shape index (κ3) is 4.11. The number of carbonyl (C=O) groups excluding carboxylic acids is 2. The molecular weight excluding hydrogens is 335 g/mol. The van der Waals surface area contributed by atoms with Gasteiger partial charge in [-0.05, 0) is 45.7 Å². The highest BCUT2D eigenvalue weighted by molar-refractivity contribution is 5.96. The molecule has 0 aromatic carbocycles. The highest BCUT2D eigenvalue weighted by atomic mass is 19.4. The molecule has 138 valence electrons. The van der Waals surface area contributed by atoms with Gasteiger partial charge >= 0.3 is 6.18 Å². The van der Waals surface area contributed by atoms with Crippen LogP contribution in [0.3, 0.4) is 0 Å². The summed E-state index contributed by atoms with van der Waals surface area (Å²) < 4.78 is 38.1. The number of carbonyl (C=O) groups is 2. The van der Waals surface area contributed by atoms with Crippen LogP contribution in [0.1, 0.15) is 48.4 Å². The molecule has 1 aliphatic rings. The lowest BCUT2D eigenvalue weighted by Gasteiger charge is -2.39. The number of alkyl halides is 3. The van der Waals surface area contributed by atoms with Gasteiger partial charge in [0.05, 0.1) is 16.7 Å². The minimum absolute atomic E-state index is 0.0325. The average Bonchev–Trinajstić information content (AvgIpc) is 2.53. The Labute approximate surface area is 144 Å². The molecule has 1 atom stereocenters. The molecule has 1 N–H and O–H groups in total. The first-order valence-corrected chi connectivity index (χ1v) is 8.21. The summed E-state index contributed by atoms with van der Waals surface area (Å²) in [6, 6.07) is 1.97. The smallest absolute Gasteiger partial charge is 0.356 e. The number of likely N-dealkylation sites (tertiary alicyclic amines) is 1. The summed E-state index contributed by atoms with van der Waals surface area (Å²) in [4.78, 5) is 30.0. The van der Waals surface area contributed by atoms with Crippen molar-refractivity contribution < 1.29 is 22.8 Å². The van der Waals surface area contributed by atoms with Gasteiger partial charge in [-0.3, -0.25) is 9.59 Å². The molecule has 0 bridgehead atoms. The number of pyridine rings is 1. The van der Waals surface area contributed by atoms with Gasteiger partial charge in [-0.15, -0.1) is 0 Å². The fourth-order valence-corrected chi connectivity index (χ4v) is 3.09. The van der Waals surface area contributed by atoms with Crippen LogP contribution >= 0.6 is 0 Å². The molecule has 2 heterocycles. The van der Waals surface area contributed by atoms with Crippen LogP contribution in [0.4, 0.5) is 13.2 Å². The van der Waals surface area contributed by atoms with Crippen molar-refractivity contribution in [3.8, 4) is 0 Å². The number of nitrogens with zero attached hydrogens (tertiary/aromatic N) is 2. The first-order valence-electron chi connectivity index (χ1n) is 8.21. The molecule has 0 saturated carbocycles. The molecule has 1 aliphatic heterocycles. The Kier molecular flexibility index (Phi) is 5.39. The highest BCUT2D eigenvalue weighted by Gasteiger charge is 2.40. The highest BCUT2D eigenvalue weighted by Crippen LogP contribution is 2.32. The largest absolute Gasteiger partial charge is 0.433 e. The molecule has 1 aromatic heterocycles. The number of aromatic nitrogens is 1. The molecule has 1 saturated heterocycles. The minimum atomic E-state index is -4.55. The molecule has 1 fully saturated rings. The average molecular weight is 357 g/mol. The molecule has 5 nitrogen and oxygen atoms in total. The van der Waals surface area contributed by atoms with Gasteiger partial charge < -0.3 is 10.2 Å². The first-order chi connectivity index (χ1) is 11.6. The number of hydrogen-bond acceptors (Lipinski definition) is 3. The van der Waals surface area contributed by atoms with Crippen molar-refractivity contribution in [1.29, 1.82) is 0 Å². The fourth-order valence-electron chi connectivity index (χ4n) is 3.09. The molecule has 2 amide bonds. The Morgan fingerprint density at radius 3 is 2.60 bits per heavy atom. The lowest BCUT2D eigenvalue weighted by atomic mass is 9.80. The number of rotatable bonds is 3. The van der Waals surface area contributed by atoms with Gasteiger partial charge in [-0.2, -0.15) is 13.2 Å². The van der Waals surface area contributed by atoms with E-state index in [2.05, 4.69) is 10.3 Å². The third-order valence-electron chi connectivity index (χ3n) is 4.48. The van der Waals surface area contributed by atoms with Crippen LogP contribution in [-0.4, -0.2) is 41.3 Å². The van der Waals surface area contributed by atoms with E-state index in [1.54, 1.807) is 6.92 Å². The lowest BCUT2D eigenvalue weighted by Crippen LogP contribution is -2.52. The monoisotopic (exact) mass is 357 g/mol. The van der Waals surface area contributed by atoms with Gasteiger partial charge in [0.2, 0.25) is 5.91 Å². The number of amides is 2. The molecule has 2 rings (SSSR count). The normalized spacial score (nSPS) is 21.1. The van der Waals surface area contributed by atoms with E-state index < -0.39 is 23.2 Å². The zero-order chi connectivity index (χ0) is 18.8. The maximum atomic E-state index is 12.7. The Morgan fingerprint density at radius 1 is 1.36 bits per heavy atom. The van der Waals surface area contributed by atoms with Crippen LogP contribution in [0.5, 0.6) is 0 Å². The second-order valence-electron chi connectivity index (χ2n) is 6.58. The SMILES string of the molecule is CCNC(=O)C1(C)CCCN(C(=O)c2ccc(C(F)(F)F)nc2C)C1. The maximum Gasteiger partial charge on any atom is 0.433 e. The zero-order valence-corrected chi connectivity index (χ0v) is 14.5. The number of nitrogens with one attached hydrogen (secondary N) is 1. The maximum absolute atomic E-state index is 12.7. The number of aryl methyl sites for hydroxylation is 1. The van der Waals surface area contributed by atoms with E-state index in [-0.39, 0.29) is 23.7 Å². The fraction of sp³-hybridized carbons (Fsp3) is 0.588. The standard InChI is InChI=1S/C17H22F3N3O2/c1-4-21-15(25)16(3)8-5-9-23(10-16)14(24)12-6-7-13(17(18,19)20)22-11(12)2/h6-7H,4-5,8-10H2,1-3H3,(H,21,25). The van der Waals surface area contributed by atoms with E-state index in [0.717, 1.165) is 12.1 Å². The number of piperidine rings is 1. The third-order valence-corrected chi connectivity index (χ3v) is 4.48. The predicted octanol–water partition coefficient (Wildman–Crippen LogP) is 2.79. The molecule has 0 radical (unpaired) electrons. The summed E-state index contributed by atoms with van der Waals surface area (Å²) >= 11 is 0. The quantitative estimate of drug-likeness (QED) is 0.905. The molecule has 0 aliphatic carbocycles. The summed E-state index contributed by atoms with van der Waals surface area (Å²) in [5.41, 5.74) is -1.55. The van der Waals surface area contributed by atoms with E-state index in [1.165, 1.54) is 11.8 Å². The van der Waals surface area contributed by atoms with Crippen molar-refractivity contribution in [2.75, 3.05) is 19.6 Å². The Morgan fingerprint density at radius 2 is 2.04 bits per heavy atom. The van der Waals surface area contributed by atoms with Gasteiger partial charge in [0, 0.05) is 19.6 Å². The summed E-state index contributed by atoms with van der Waals surface area (Å²) in [6.07, 6.45) is -3.23. The van der Waals surface area contributed by atoms with E-state index >= 15 is 0 Å². The van der Waals surface area contributed by atoms with Crippen LogP contribution in [0, 0.1) is 12.3 Å². The van der Waals surface area contributed by atoms with Crippen LogP contribution in [0.15, 0.2) is 12.1 Å². The van der Waals surface area contributed by atoms with Crippen molar-refractivity contribution in [2.24, 2.45) is 5.41 Å². The zero-order valence-electron chi connectivity index (χ0n) is 14.5. The molecule has 1 aromatic rings. The molecule has 8 heteroatoms. The second-order valence-corrected chi connectivity index (χ2v) is 6.58. The molecule has 1 unspecified atom stereocenters. The first kappa shape index (κ1) is 19.2. The Balaban J connectivity index is 2.21. The summed E-state index contributed by atoms with van der Waals surface area (Å²) in [5, 5.41) is 2.78. The van der Waals surface area contributed by atoms with Gasteiger partial charge in [-0.25, -0.2) is 4.98 Å². The lowest BCUT2D eigenvalue weighted by molar-refractivity contribution is -0.141. The van der Waals surface area contributed by atoms with Gasteiger partial charge in [0.15, 0.2) is 0 Å². The molecule has 0 spiro atoms. The number of halogens is 3. The van der Waals surface area contributed by atoms with E-state index in [4.69, 9.17) is 0 Å². The summed E-state index contributed by atoms with van der Waals surface area (Å²) in [6.45, 7) is 6.21. The van der Waals surface area contributed by atoms with Crippen molar-refractivity contribution in [3.63, 3.8) is 0 Å². The van der Waals surface area contributed by atoms with Crippen LogP contribution in [0.2, 0.25) is 0 Å². The van der Waals surface area contributed by atoms with Gasteiger partial charge in [0.25, 0.3) is 5.91 Å².